The molecule has 0 N–H and O–H groups in total. The highest BCUT2D eigenvalue weighted by Gasteiger charge is 2.35. The SMILES string of the molecule is C#CCCCCCCCc1ccc(C2=C(c3ccccc3)C(c3ccccc3)=C(c3ccc(CCCCCCCC#C)cc3)C2=O)cc1. The summed E-state index contributed by atoms with van der Waals surface area (Å²) in [6, 6.07) is 38.3. The van der Waals surface area contributed by atoms with E-state index in [9.17, 15) is 4.79 Å². The van der Waals surface area contributed by atoms with Gasteiger partial charge in [0, 0.05) is 35.1 Å². The molecule has 4 aromatic rings. The lowest BCUT2D eigenvalue weighted by molar-refractivity contribution is -0.108. The molecule has 1 heteroatoms. The maximum Gasteiger partial charge on any atom is 0.195 e. The molecular formula is C47H48O. The van der Waals surface area contributed by atoms with Gasteiger partial charge in [-0.1, -0.05) is 148 Å². The van der Waals surface area contributed by atoms with E-state index < -0.39 is 0 Å². The molecule has 0 atom stereocenters. The Morgan fingerprint density at radius 3 is 1.08 bits per heavy atom. The van der Waals surface area contributed by atoms with Crippen LogP contribution in [-0.4, -0.2) is 5.78 Å². The number of unbranched alkanes of at least 4 members (excludes halogenated alkanes) is 10. The molecule has 0 unspecified atom stereocenters. The van der Waals surface area contributed by atoms with Gasteiger partial charge in [-0.2, -0.15) is 0 Å². The molecule has 0 aromatic heterocycles. The van der Waals surface area contributed by atoms with Crippen LogP contribution in [0.4, 0.5) is 0 Å². The van der Waals surface area contributed by atoms with Crippen LogP contribution in [0.15, 0.2) is 109 Å². The van der Waals surface area contributed by atoms with Crippen molar-refractivity contribution in [2.24, 2.45) is 0 Å². The highest BCUT2D eigenvalue weighted by atomic mass is 16.1. The van der Waals surface area contributed by atoms with E-state index in [4.69, 9.17) is 12.8 Å². The predicted octanol–water partition coefficient (Wildman–Crippen LogP) is 11.8. The van der Waals surface area contributed by atoms with E-state index in [0.717, 1.165) is 83.1 Å². The molecule has 1 aliphatic carbocycles. The summed E-state index contributed by atoms with van der Waals surface area (Å²) in [7, 11) is 0. The molecule has 0 bridgehead atoms. The summed E-state index contributed by atoms with van der Waals surface area (Å²) in [5.41, 5.74) is 10.3. The second-order valence-electron chi connectivity index (χ2n) is 12.9. The fourth-order valence-electron chi connectivity index (χ4n) is 6.79. The third-order valence-electron chi connectivity index (χ3n) is 9.39. The van der Waals surface area contributed by atoms with Gasteiger partial charge in [-0.3, -0.25) is 4.79 Å². The van der Waals surface area contributed by atoms with E-state index in [1.807, 2.05) is 12.1 Å². The first-order valence-corrected chi connectivity index (χ1v) is 17.9. The molecule has 0 spiro atoms. The van der Waals surface area contributed by atoms with Crippen LogP contribution in [0.5, 0.6) is 0 Å². The van der Waals surface area contributed by atoms with Gasteiger partial charge in [-0.15, -0.1) is 24.7 Å². The Bertz CT molecular complexity index is 1620. The number of Topliss-reactive ketones (excluding diaryl/α,β-unsaturated/α-hetero) is 1. The van der Waals surface area contributed by atoms with Crippen molar-refractivity contribution < 1.29 is 4.79 Å². The lowest BCUT2D eigenvalue weighted by Crippen LogP contribution is -2.02. The second kappa shape index (κ2) is 18.5. The first-order chi connectivity index (χ1) is 23.7. The Morgan fingerprint density at radius 1 is 0.375 bits per heavy atom. The smallest absolute Gasteiger partial charge is 0.195 e. The van der Waals surface area contributed by atoms with Crippen LogP contribution in [0.3, 0.4) is 0 Å². The molecule has 0 aliphatic heterocycles. The molecule has 1 nitrogen and oxygen atoms in total. The minimum Gasteiger partial charge on any atom is -0.289 e. The Balaban J connectivity index is 1.42. The maximum absolute atomic E-state index is 14.7. The first-order valence-electron chi connectivity index (χ1n) is 17.9. The van der Waals surface area contributed by atoms with Gasteiger partial charge in [0.2, 0.25) is 0 Å². The lowest BCUT2D eigenvalue weighted by Gasteiger charge is -2.14. The van der Waals surface area contributed by atoms with Crippen LogP contribution in [-0.2, 0) is 17.6 Å². The Kier molecular flexibility index (Phi) is 13.3. The number of terminal acetylenes is 2. The third kappa shape index (κ3) is 9.15. The Morgan fingerprint density at radius 2 is 0.708 bits per heavy atom. The Hall–Kier alpha value is -4.85. The van der Waals surface area contributed by atoms with Gasteiger partial charge in [-0.05, 0) is 71.9 Å². The second-order valence-corrected chi connectivity index (χ2v) is 12.9. The van der Waals surface area contributed by atoms with Gasteiger partial charge in [0.1, 0.15) is 0 Å². The number of carbonyl (C=O) groups excluding carboxylic acids is 1. The van der Waals surface area contributed by atoms with Gasteiger partial charge >= 0.3 is 0 Å². The monoisotopic (exact) mass is 628 g/mol. The minimum atomic E-state index is 0.0899. The third-order valence-corrected chi connectivity index (χ3v) is 9.39. The Labute approximate surface area is 289 Å². The fourth-order valence-corrected chi connectivity index (χ4v) is 6.79. The van der Waals surface area contributed by atoms with Crippen molar-refractivity contribution in [2.45, 2.75) is 89.9 Å². The van der Waals surface area contributed by atoms with Gasteiger partial charge in [0.05, 0.1) is 0 Å². The molecule has 1 aliphatic rings. The minimum absolute atomic E-state index is 0.0899. The van der Waals surface area contributed by atoms with Gasteiger partial charge in [-0.25, -0.2) is 0 Å². The number of aryl methyl sites for hydroxylation is 2. The number of ketones is 1. The normalized spacial score (nSPS) is 12.8. The number of hydrogen-bond donors (Lipinski definition) is 0. The summed E-state index contributed by atoms with van der Waals surface area (Å²) < 4.78 is 0. The van der Waals surface area contributed by atoms with E-state index >= 15 is 0 Å². The van der Waals surface area contributed by atoms with Crippen LogP contribution >= 0.6 is 0 Å². The van der Waals surface area contributed by atoms with E-state index in [0.29, 0.717) is 0 Å². The lowest BCUT2D eigenvalue weighted by atomic mass is 9.89. The van der Waals surface area contributed by atoms with Gasteiger partial charge < -0.3 is 0 Å². The molecule has 48 heavy (non-hydrogen) atoms. The zero-order chi connectivity index (χ0) is 33.4. The summed E-state index contributed by atoms with van der Waals surface area (Å²) >= 11 is 0. The number of benzene rings is 4. The maximum atomic E-state index is 14.7. The highest BCUT2D eigenvalue weighted by molar-refractivity contribution is 6.59. The number of carbonyl (C=O) groups is 1. The number of allylic oxidation sites excluding steroid dienone is 4. The molecule has 5 rings (SSSR count). The molecule has 0 radical (unpaired) electrons. The molecule has 0 heterocycles. The summed E-state index contributed by atoms with van der Waals surface area (Å²) in [5, 5.41) is 0. The zero-order valence-electron chi connectivity index (χ0n) is 28.4. The predicted molar refractivity (Wildman–Crippen MR) is 205 cm³/mol. The van der Waals surface area contributed by atoms with Crippen LogP contribution in [0.1, 0.15) is 110 Å². The largest absolute Gasteiger partial charge is 0.289 e. The molecular weight excluding hydrogens is 581 g/mol. The van der Waals surface area contributed by atoms with Crippen molar-refractivity contribution in [1.29, 1.82) is 0 Å². The van der Waals surface area contributed by atoms with E-state index in [1.165, 1.54) is 62.5 Å². The number of hydrogen-bond acceptors (Lipinski definition) is 1. The molecule has 0 amide bonds. The topological polar surface area (TPSA) is 17.1 Å². The van der Waals surface area contributed by atoms with Crippen molar-refractivity contribution >= 4 is 28.1 Å². The van der Waals surface area contributed by atoms with E-state index in [-0.39, 0.29) is 5.78 Å². The van der Waals surface area contributed by atoms with Crippen molar-refractivity contribution in [3.8, 4) is 24.7 Å². The van der Waals surface area contributed by atoms with Crippen LogP contribution in [0.2, 0.25) is 0 Å². The van der Waals surface area contributed by atoms with E-state index in [2.05, 4.69) is 109 Å². The van der Waals surface area contributed by atoms with Crippen LogP contribution < -0.4 is 0 Å². The molecule has 4 aromatic carbocycles. The molecule has 0 saturated heterocycles. The fraction of sp³-hybridized carbons (Fsp3) is 0.298. The first kappa shape index (κ1) is 34.5. The van der Waals surface area contributed by atoms with Crippen molar-refractivity contribution in [3.05, 3.63) is 143 Å². The average molecular weight is 629 g/mol. The van der Waals surface area contributed by atoms with Crippen LogP contribution in [0, 0.1) is 24.7 Å². The molecule has 0 fully saturated rings. The quantitative estimate of drug-likeness (QED) is 0.0791. The molecule has 242 valence electrons. The zero-order valence-corrected chi connectivity index (χ0v) is 28.4. The summed E-state index contributed by atoms with van der Waals surface area (Å²) in [6.07, 6.45) is 26.5. The molecule has 0 saturated carbocycles. The van der Waals surface area contributed by atoms with Crippen molar-refractivity contribution in [2.75, 3.05) is 0 Å². The highest BCUT2D eigenvalue weighted by Crippen LogP contribution is 2.49. The van der Waals surface area contributed by atoms with Crippen molar-refractivity contribution in [1.82, 2.24) is 0 Å². The summed E-state index contributed by atoms with van der Waals surface area (Å²) in [5.74, 6) is 5.56. The van der Waals surface area contributed by atoms with E-state index in [1.54, 1.807) is 0 Å². The van der Waals surface area contributed by atoms with Gasteiger partial charge in [0.25, 0.3) is 0 Å². The standard InChI is InChI=1S/C47H48O/c1-3-5-7-9-11-13-17-23-37-29-33-41(34-30-37)45-43(39-25-19-15-20-26-39)44(40-27-21-16-22-28-40)46(47(45)48)42-35-31-38(32-36-42)24-18-14-12-10-8-6-4-2/h1-2,15-16,19-22,25-36H,5-14,17-18,23-24H2. The van der Waals surface area contributed by atoms with Gasteiger partial charge in [0.15, 0.2) is 5.78 Å². The number of rotatable bonds is 18. The summed E-state index contributed by atoms with van der Waals surface area (Å²) in [4.78, 5) is 14.7. The summed E-state index contributed by atoms with van der Waals surface area (Å²) in [6.45, 7) is 0. The van der Waals surface area contributed by atoms with Crippen molar-refractivity contribution in [3.63, 3.8) is 0 Å². The van der Waals surface area contributed by atoms with Crippen LogP contribution in [0.25, 0.3) is 22.3 Å². The average Bonchev–Trinajstić information content (AvgIpc) is 3.44.